The molecular formula is C17H16N4O3S. The monoisotopic (exact) mass is 356 g/mol. The van der Waals surface area contributed by atoms with E-state index in [-0.39, 0.29) is 10.6 Å². The molecule has 0 aliphatic rings. The number of carbonyl (C=O) groups excluding carboxylic acids is 1. The number of benzene rings is 2. The number of nitrogens with zero attached hydrogens (tertiary/aromatic N) is 3. The SMILES string of the molecule is CS(=O)(=O)c1ccc(NC(=O)c2cn(Cc3ccccc3)nn2)cc1. The molecule has 1 heterocycles. The molecule has 0 aliphatic heterocycles. The Morgan fingerprint density at radius 3 is 2.40 bits per heavy atom. The van der Waals surface area contributed by atoms with E-state index in [1.165, 1.54) is 24.3 Å². The lowest BCUT2D eigenvalue weighted by Gasteiger charge is -2.04. The highest BCUT2D eigenvalue weighted by molar-refractivity contribution is 7.90. The summed E-state index contributed by atoms with van der Waals surface area (Å²) >= 11 is 0. The van der Waals surface area contributed by atoms with Gasteiger partial charge >= 0.3 is 0 Å². The van der Waals surface area contributed by atoms with Gasteiger partial charge < -0.3 is 5.32 Å². The Kier molecular flexibility index (Phi) is 4.62. The molecule has 8 heteroatoms. The van der Waals surface area contributed by atoms with Gasteiger partial charge in [-0.2, -0.15) is 0 Å². The van der Waals surface area contributed by atoms with Gasteiger partial charge in [-0.3, -0.25) is 4.79 Å². The van der Waals surface area contributed by atoms with Crippen molar-refractivity contribution in [2.24, 2.45) is 0 Å². The molecule has 0 radical (unpaired) electrons. The van der Waals surface area contributed by atoms with Gasteiger partial charge in [-0.25, -0.2) is 13.1 Å². The van der Waals surface area contributed by atoms with Crippen LogP contribution in [0.15, 0.2) is 65.7 Å². The smallest absolute Gasteiger partial charge is 0.277 e. The first-order chi connectivity index (χ1) is 11.9. The third-order valence-electron chi connectivity index (χ3n) is 3.50. The molecule has 128 valence electrons. The van der Waals surface area contributed by atoms with Crippen LogP contribution < -0.4 is 5.32 Å². The molecule has 0 atom stereocenters. The maximum absolute atomic E-state index is 12.2. The number of nitrogens with one attached hydrogen (secondary N) is 1. The molecule has 0 spiro atoms. The second-order valence-corrected chi connectivity index (χ2v) is 7.55. The van der Waals surface area contributed by atoms with Gasteiger partial charge in [-0.1, -0.05) is 35.5 Å². The van der Waals surface area contributed by atoms with E-state index in [2.05, 4.69) is 15.6 Å². The number of hydrogen-bond donors (Lipinski definition) is 1. The minimum atomic E-state index is -3.27. The normalized spacial score (nSPS) is 11.2. The van der Waals surface area contributed by atoms with E-state index < -0.39 is 15.7 Å². The Morgan fingerprint density at radius 1 is 1.08 bits per heavy atom. The minimum absolute atomic E-state index is 0.183. The van der Waals surface area contributed by atoms with Gasteiger partial charge in [0.05, 0.1) is 17.6 Å². The fourth-order valence-electron chi connectivity index (χ4n) is 2.23. The summed E-state index contributed by atoms with van der Waals surface area (Å²) in [7, 11) is -3.27. The van der Waals surface area contributed by atoms with E-state index in [4.69, 9.17) is 0 Å². The molecule has 0 fully saturated rings. The predicted octanol–water partition coefficient (Wildman–Crippen LogP) is 1.98. The molecule has 1 amide bonds. The molecule has 3 aromatic rings. The van der Waals surface area contributed by atoms with Crippen LogP contribution in [0.5, 0.6) is 0 Å². The van der Waals surface area contributed by atoms with Crippen LogP contribution in [0.2, 0.25) is 0 Å². The fraction of sp³-hybridized carbons (Fsp3) is 0.118. The molecule has 2 aromatic carbocycles. The predicted molar refractivity (Wildman–Crippen MR) is 93.1 cm³/mol. The highest BCUT2D eigenvalue weighted by atomic mass is 32.2. The van der Waals surface area contributed by atoms with Crippen LogP contribution in [-0.2, 0) is 16.4 Å². The summed E-state index contributed by atoms with van der Waals surface area (Å²) in [4.78, 5) is 12.4. The van der Waals surface area contributed by atoms with Crippen LogP contribution >= 0.6 is 0 Å². The van der Waals surface area contributed by atoms with E-state index in [9.17, 15) is 13.2 Å². The van der Waals surface area contributed by atoms with Gasteiger partial charge in [0.15, 0.2) is 15.5 Å². The van der Waals surface area contributed by atoms with E-state index in [1.54, 1.807) is 10.9 Å². The Labute approximate surface area is 145 Å². The molecular weight excluding hydrogens is 340 g/mol. The second kappa shape index (κ2) is 6.86. The van der Waals surface area contributed by atoms with Gasteiger partial charge in [0, 0.05) is 11.9 Å². The Morgan fingerprint density at radius 2 is 1.76 bits per heavy atom. The van der Waals surface area contributed by atoms with E-state index in [0.717, 1.165) is 11.8 Å². The zero-order valence-electron chi connectivity index (χ0n) is 13.5. The number of anilines is 1. The molecule has 0 saturated carbocycles. The topological polar surface area (TPSA) is 94.0 Å². The molecule has 0 aliphatic carbocycles. The maximum atomic E-state index is 12.2. The van der Waals surface area contributed by atoms with Crippen molar-refractivity contribution < 1.29 is 13.2 Å². The van der Waals surface area contributed by atoms with Crippen molar-refractivity contribution in [2.45, 2.75) is 11.4 Å². The maximum Gasteiger partial charge on any atom is 0.277 e. The zero-order chi connectivity index (χ0) is 17.9. The Bertz CT molecular complexity index is 980. The number of amides is 1. The summed E-state index contributed by atoms with van der Waals surface area (Å²) in [6.07, 6.45) is 2.69. The number of rotatable bonds is 5. The highest BCUT2D eigenvalue weighted by Crippen LogP contribution is 2.14. The number of sulfone groups is 1. The summed E-state index contributed by atoms with van der Waals surface area (Å²) < 4.78 is 24.4. The summed E-state index contributed by atoms with van der Waals surface area (Å²) in [6.45, 7) is 0.518. The standard InChI is InChI=1S/C17H16N4O3S/c1-25(23,24)15-9-7-14(8-10-15)18-17(22)16-12-21(20-19-16)11-13-5-3-2-4-6-13/h2-10,12H,11H2,1H3,(H,18,22). The summed E-state index contributed by atoms with van der Waals surface area (Å²) in [5, 5.41) is 10.5. The minimum Gasteiger partial charge on any atom is -0.321 e. The first-order valence-electron chi connectivity index (χ1n) is 7.47. The van der Waals surface area contributed by atoms with Crippen LogP contribution in [0.1, 0.15) is 16.1 Å². The molecule has 0 saturated heterocycles. The van der Waals surface area contributed by atoms with Crippen molar-refractivity contribution in [1.29, 1.82) is 0 Å². The molecule has 0 bridgehead atoms. The number of aromatic nitrogens is 3. The van der Waals surface area contributed by atoms with Crippen molar-refractivity contribution in [1.82, 2.24) is 15.0 Å². The quantitative estimate of drug-likeness (QED) is 0.754. The Hall–Kier alpha value is -3.00. The van der Waals surface area contributed by atoms with E-state index in [0.29, 0.717) is 12.2 Å². The van der Waals surface area contributed by atoms with Crippen LogP contribution in [0, 0.1) is 0 Å². The van der Waals surface area contributed by atoms with E-state index >= 15 is 0 Å². The zero-order valence-corrected chi connectivity index (χ0v) is 14.3. The van der Waals surface area contributed by atoms with Crippen LogP contribution in [0.3, 0.4) is 0 Å². The summed E-state index contributed by atoms with van der Waals surface area (Å²) in [5.41, 5.74) is 1.72. The van der Waals surface area contributed by atoms with Crippen molar-refractivity contribution >= 4 is 21.4 Å². The van der Waals surface area contributed by atoms with Crippen molar-refractivity contribution in [2.75, 3.05) is 11.6 Å². The molecule has 7 nitrogen and oxygen atoms in total. The molecule has 1 N–H and O–H groups in total. The van der Waals surface area contributed by atoms with Crippen molar-refractivity contribution in [3.63, 3.8) is 0 Å². The first-order valence-corrected chi connectivity index (χ1v) is 9.36. The highest BCUT2D eigenvalue weighted by Gasteiger charge is 2.12. The number of hydrogen-bond acceptors (Lipinski definition) is 5. The fourth-order valence-corrected chi connectivity index (χ4v) is 2.86. The average molecular weight is 356 g/mol. The van der Waals surface area contributed by atoms with Crippen molar-refractivity contribution in [3.8, 4) is 0 Å². The van der Waals surface area contributed by atoms with Crippen LogP contribution in [0.4, 0.5) is 5.69 Å². The summed E-state index contributed by atoms with van der Waals surface area (Å²) in [5.74, 6) is -0.411. The molecule has 0 unspecified atom stereocenters. The molecule has 3 rings (SSSR count). The van der Waals surface area contributed by atoms with Crippen molar-refractivity contribution in [3.05, 3.63) is 72.1 Å². The first kappa shape index (κ1) is 16.8. The van der Waals surface area contributed by atoms with Crippen LogP contribution in [0.25, 0.3) is 0 Å². The third kappa shape index (κ3) is 4.30. The van der Waals surface area contributed by atoms with Gasteiger partial charge in [-0.05, 0) is 29.8 Å². The van der Waals surface area contributed by atoms with Gasteiger partial charge in [0.2, 0.25) is 0 Å². The van der Waals surface area contributed by atoms with E-state index in [1.807, 2.05) is 30.3 Å². The summed E-state index contributed by atoms with van der Waals surface area (Å²) in [6, 6.07) is 15.7. The lowest BCUT2D eigenvalue weighted by Crippen LogP contribution is -2.12. The second-order valence-electron chi connectivity index (χ2n) is 5.54. The lowest BCUT2D eigenvalue weighted by atomic mass is 10.2. The largest absolute Gasteiger partial charge is 0.321 e. The van der Waals surface area contributed by atoms with Gasteiger partial charge in [0.25, 0.3) is 5.91 Å². The average Bonchev–Trinajstić information content (AvgIpc) is 3.04. The van der Waals surface area contributed by atoms with Gasteiger partial charge in [0.1, 0.15) is 0 Å². The molecule has 25 heavy (non-hydrogen) atoms. The van der Waals surface area contributed by atoms with Crippen LogP contribution in [-0.4, -0.2) is 35.6 Å². The lowest BCUT2D eigenvalue weighted by molar-refractivity contribution is 0.102. The van der Waals surface area contributed by atoms with Gasteiger partial charge in [-0.15, -0.1) is 5.10 Å². The molecule has 1 aromatic heterocycles. The Balaban J connectivity index is 1.67. The third-order valence-corrected chi connectivity index (χ3v) is 4.63. The number of carbonyl (C=O) groups is 1.